The third-order valence-corrected chi connectivity index (χ3v) is 7.20. The molecule has 1 aliphatic heterocycles. The van der Waals surface area contributed by atoms with Crippen molar-refractivity contribution in [2.75, 3.05) is 16.7 Å². The second-order valence-electron chi connectivity index (χ2n) is 7.78. The van der Waals surface area contributed by atoms with Crippen LogP contribution in [0.25, 0.3) is 5.82 Å². The largest absolute Gasteiger partial charge is 0.497 e. The number of halogens is 1. The zero-order valence-electron chi connectivity index (χ0n) is 18.6. The standard InChI is InChI=1S/C25H21ClN4O4S/c1-33-20-11-5-16(6-12-20)24-28-25-22(13-14-34-25)23(27)30(24)19-9-7-18(8-10-19)29-35(31,32)21-4-2-3-17(26)15-21/h2-15,24,29H,27H2,1H3. The Morgan fingerprint density at radius 2 is 1.80 bits per heavy atom. The SMILES string of the molecule is COc1ccc(C2N=c3occc3=C(N)N2c2ccc(NS(=O)(=O)c3cccc(Cl)c3)cc2)cc1. The summed E-state index contributed by atoms with van der Waals surface area (Å²) in [6, 6.07) is 22.3. The molecular weight excluding hydrogens is 488 g/mol. The normalized spacial score (nSPS) is 15.3. The first-order chi connectivity index (χ1) is 16.9. The van der Waals surface area contributed by atoms with Gasteiger partial charge in [0.25, 0.3) is 10.0 Å². The molecule has 1 aliphatic rings. The molecule has 8 nitrogen and oxygen atoms in total. The summed E-state index contributed by atoms with van der Waals surface area (Å²) in [7, 11) is -2.19. The minimum atomic E-state index is -3.80. The number of anilines is 2. The summed E-state index contributed by atoms with van der Waals surface area (Å²) in [4.78, 5) is 6.71. The van der Waals surface area contributed by atoms with E-state index < -0.39 is 16.2 Å². The molecule has 0 amide bonds. The van der Waals surface area contributed by atoms with E-state index in [1.165, 1.54) is 12.1 Å². The molecule has 2 heterocycles. The number of hydrogen-bond donors (Lipinski definition) is 2. The van der Waals surface area contributed by atoms with Crippen LogP contribution in [0.3, 0.4) is 0 Å². The molecule has 5 rings (SSSR count). The van der Waals surface area contributed by atoms with Crippen LogP contribution in [0, 0.1) is 0 Å². The maximum atomic E-state index is 12.7. The molecule has 0 saturated heterocycles. The fraction of sp³-hybridized carbons (Fsp3) is 0.0800. The minimum absolute atomic E-state index is 0.0774. The Balaban J connectivity index is 1.49. The van der Waals surface area contributed by atoms with Crippen molar-refractivity contribution in [2.24, 2.45) is 10.7 Å². The van der Waals surface area contributed by atoms with E-state index in [2.05, 4.69) is 4.72 Å². The highest BCUT2D eigenvalue weighted by atomic mass is 35.5. The van der Waals surface area contributed by atoms with Gasteiger partial charge in [0.05, 0.1) is 23.5 Å². The molecule has 1 atom stereocenters. The van der Waals surface area contributed by atoms with Crippen LogP contribution in [0.4, 0.5) is 11.4 Å². The molecule has 4 aromatic rings. The Bertz CT molecular complexity index is 1600. The van der Waals surface area contributed by atoms with Crippen LogP contribution in [0.5, 0.6) is 5.75 Å². The first kappa shape index (κ1) is 22.8. The Labute approximate surface area is 207 Å². The molecule has 0 bridgehead atoms. The quantitative estimate of drug-likeness (QED) is 0.412. The van der Waals surface area contributed by atoms with Crippen LogP contribution in [-0.2, 0) is 10.0 Å². The Morgan fingerprint density at radius 3 is 2.49 bits per heavy atom. The van der Waals surface area contributed by atoms with Crippen molar-refractivity contribution < 1.29 is 17.6 Å². The predicted octanol–water partition coefficient (Wildman–Crippen LogP) is 3.61. The lowest BCUT2D eigenvalue weighted by molar-refractivity contribution is 0.414. The first-order valence-corrected chi connectivity index (χ1v) is 12.4. The Hall–Kier alpha value is -3.95. The number of benzene rings is 3. The second kappa shape index (κ2) is 9.01. The lowest BCUT2D eigenvalue weighted by Gasteiger charge is -2.33. The van der Waals surface area contributed by atoms with E-state index in [-0.39, 0.29) is 4.90 Å². The van der Waals surface area contributed by atoms with E-state index in [1.54, 1.807) is 55.8 Å². The number of nitrogens with one attached hydrogen (secondary N) is 1. The molecule has 1 aromatic heterocycles. The van der Waals surface area contributed by atoms with Crippen LogP contribution >= 0.6 is 11.6 Å². The molecule has 3 aromatic carbocycles. The highest BCUT2D eigenvalue weighted by Gasteiger charge is 2.27. The van der Waals surface area contributed by atoms with Crippen LogP contribution in [0.2, 0.25) is 5.02 Å². The van der Waals surface area contributed by atoms with E-state index in [1.807, 2.05) is 29.2 Å². The molecule has 3 N–H and O–H groups in total. The number of sulfonamides is 1. The van der Waals surface area contributed by atoms with Gasteiger partial charge in [-0.2, -0.15) is 0 Å². The van der Waals surface area contributed by atoms with Crippen molar-refractivity contribution >= 4 is 38.8 Å². The number of methoxy groups -OCH3 is 1. The van der Waals surface area contributed by atoms with Gasteiger partial charge in [0.1, 0.15) is 11.6 Å². The molecule has 0 saturated carbocycles. The number of nitrogens with two attached hydrogens (primary N) is 1. The van der Waals surface area contributed by atoms with E-state index in [0.717, 1.165) is 17.0 Å². The zero-order valence-corrected chi connectivity index (χ0v) is 20.1. The Kier molecular flexibility index (Phi) is 5.88. The molecule has 35 heavy (non-hydrogen) atoms. The molecule has 0 radical (unpaired) electrons. The molecule has 1 unspecified atom stereocenters. The maximum absolute atomic E-state index is 12.7. The van der Waals surface area contributed by atoms with Crippen molar-refractivity contribution in [1.82, 2.24) is 0 Å². The van der Waals surface area contributed by atoms with Gasteiger partial charge in [0, 0.05) is 16.4 Å². The van der Waals surface area contributed by atoms with Gasteiger partial charge in [-0.15, -0.1) is 0 Å². The van der Waals surface area contributed by atoms with Crippen molar-refractivity contribution in [2.45, 2.75) is 11.1 Å². The summed E-state index contributed by atoms with van der Waals surface area (Å²) in [6.45, 7) is 0. The van der Waals surface area contributed by atoms with E-state index in [9.17, 15) is 8.42 Å². The first-order valence-electron chi connectivity index (χ1n) is 10.6. The summed E-state index contributed by atoms with van der Waals surface area (Å²) in [5.74, 6) is 1.19. The van der Waals surface area contributed by atoms with Gasteiger partial charge >= 0.3 is 0 Å². The van der Waals surface area contributed by atoms with Gasteiger partial charge < -0.3 is 19.8 Å². The zero-order chi connectivity index (χ0) is 24.6. The lowest BCUT2D eigenvalue weighted by atomic mass is 10.1. The number of rotatable bonds is 6. The van der Waals surface area contributed by atoms with Gasteiger partial charge in [-0.1, -0.05) is 29.8 Å². The molecule has 0 spiro atoms. The fourth-order valence-electron chi connectivity index (χ4n) is 3.84. The maximum Gasteiger partial charge on any atom is 0.261 e. The highest BCUT2D eigenvalue weighted by molar-refractivity contribution is 7.92. The number of nitrogens with zero attached hydrogens (tertiary/aromatic N) is 2. The van der Waals surface area contributed by atoms with Crippen LogP contribution in [0.1, 0.15) is 11.7 Å². The van der Waals surface area contributed by atoms with E-state index in [4.69, 9.17) is 31.5 Å². The summed E-state index contributed by atoms with van der Waals surface area (Å²) < 4.78 is 38.9. The molecule has 0 fully saturated rings. The third-order valence-electron chi connectivity index (χ3n) is 5.58. The van der Waals surface area contributed by atoms with Gasteiger partial charge in [-0.05, 0) is 66.2 Å². The van der Waals surface area contributed by atoms with Crippen LogP contribution < -0.4 is 30.9 Å². The van der Waals surface area contributed by atoms with E-state index >= 15 is 0 Å². The van der Waals surface area contributed by atoms with Crippen molar-refractivity contribution in [3.63, 3.8) is 0 Å². The van der Waals surface area contributed by atoms with Gasteiger partial charge in [0.2, 0.25) is 5.55 Å². The predicted molar refractivity (Wildman–Crippen MR) is 134 cm³/mol. The lowest BCUT2D eigenvalue weighted by Crippen LogP contribution is -2.43. The Morgan fingerprint density at radius 1 is 1.06 bits per heavy atom. The average Bonchev–Trinajstić information content (AvgIpc) is 3.34. The van der Waals surface area contributed by atoms with Crippen molar-refractivity contribution in [3.05, 3.63) is 106 Å². The smallest absolute Gasteiger partial charge is 0.261 e. The summed E-state index contributed by atoms with van der Waals surface area (Å²) in [5.41, 5.74) is 9.00. The topological polar surface area (TPSA) is 110 Å². The molecule has 0 aliphatic carbocycles. The number of ether oxygens (including phenoxy) is 1. The number of hydrogen-bond acceptors (Lipinski definition) is 7. The van der Waals surface area contributed by atoms with Crippen LogP contribution in [-0.4, -0.2) is 15.5 Å². The van der Waals surface area contributed by atoms with Crippen molar-refractivity contribution in [3.8, 4) is 5.75 Å². The van der Waals surface area contributed by atoms with Gasteiger partial charge in [-0.3, -0.25) is 4.72 Å². The third kappa shape index (κ3) is 4.43. The monoisotopic (exact) mass is 508 g/mol. The highest BCUT2D eigenvalue weighted by Crippen LogP contribution is 2.33. The van der Waals surface area contributed by atoms with Gasteiger partial charge in [-0.25, -0.2) is 13.4 Å². The minimum Gasteiger partial charge on any atom is -0.497 e. The summed E-state index contributed by atoms with van der Waals surface area (Å²) >= 11 is 5.95. The average molecular weight is 509 g/mol. The number of fused-ring (bicyclic) bond motifs is 1. The van der Waals surface area contributed by atoms with Gasteiger partial charge in [0.15, 0.2) is 6.17 Å². The summed E-state index contributed by atoms with van der Waals surface area (Å²) in [5, 5.41) is 1.02. The van der Waals surface area contributed by atoms with Crippen LogP contribution in [0.15, 0.2) is 99.4 Å². The molecule has 178 valence electrons. The molecular formula is C25H21ClN4O4S. The molecule has 10 heteroatoms. The van der Waals surface area contributed by atoms with E-state index in [0.29, 0.717) is 27.3 Å². The fourth-order valence-corrected chi connectivity index (χ4v) is 5.20. The number of furan rings is 1. The van der Waals surface area contributed by atoms with Crippen molar-refractivity contribution in [1.29, 1.82) is 0 Å². The second-order valence-corrected chi connectivity index (χ2v) is 9.90. The summed E-state index contributed by atoms with van der Waals surface area (Å²) in [6.07, 6.45) is 1.05.